The Bertz CT molecular complexity index is 641. The summed E-state index contributed by atoms with van der Waals surface area (Å²) in [5.74, 6) is 5.37. The number of fused-ring (bicyclic) bond motifs is 5. The Kier molecular flexibility index (Phi) is 6.87. The summed E-state index contributed by atoms with van der Waals surface area (Å²) < 4.78 is 6.16. The van der Waals surface area contributed by atoms with Gasteiger partial charge in [-0.1, -0.05) is 66.7 Å². The molecule has 31 heavy (non-hydrogen) atoms. The number of carbonyl (C=O) groups is 1. The van der Waals surface area contributed by atoms with E-state index >= 15 is 0 Å². The molecule has 0 N–H and O–H groups in total. The molecule has 4 aliphatic rings. The summed E-state index contributed by atoms with van der Waals surface area (Å²) in [6.45, 7) is 14.2. The zero-order valence-corrected chi connectivity index (χ0v) is 21.4. The fourth-order valence-corrected chi connectivity index (χ4v) is 9.59. The zero-order valence-electron chi connectivity index (χ0n) is 21.4. The number of hydrogen-bond acceptors (Lipinski definition) is 2. The monoisotopic (exact) mass is 430 g/mol. The second-order valence-electron chi connectivity index (χ2n) is 13.2. The van der Waals surface area contributed by atoms with E-state index in [1.807, 2.05) is 0 Å². The third-order valence-electron chi connectivity index (χ3n) is 11.1. The largest absolute Gasteiger partial charge is 0.462 e. The maximum atomic E-state index is 12.1. The summed E-state index contributed by atoms with van der Waals surface area (Å²) >= 11 is 0. The van der Waals surface area contributed by atoms with Gasteiger partial charge in [0.2, 0.25) is 0 Å². The van der Waals surface area contributed by atoms with Gasteiger partial charge < -0.3 is 4.74 Å². The van der Waals surface area contributed by atoms with Crippen molar-refractivity contribution in [3.8, 4) is 0 Å². The van der Waals surface area contributed by atoms with E-state index < -0.39 is 0 Å². The maximum absolute atomic E-state index is 12.1. The predicted octanol–water partition coefficient (Wildman–Crippen LogP) is 8.04. The van der Waals surface area contributed by atoms with Crippen LogP contribution in [0.25, 0.3) is 0 Å². The lowest BCUT2D eigenvalue weighted by atomic mass is 9.44. The maximum Gasteiger partial charge on any atom is 0.302 e. The van der Waals surface area contributed by atoms with Crippen LogP contribution in [0, 0.1) is 52.3 Å². The molecule has 0 radical (unpaired) electrons. The van der Waals surface area contributed by atoms with Gasteiger partial charge in [-0.25, -0.2) is 0 Å². The molecule has 0 heterocycles. The molecule has 4 aliphatic carbocycles. The number of ether oxygens (including phenoxy) is 1. The molecule has 9 atom stereocenters. The standard InChI is InChI=1S/C29H50O2/c1-19(2)10-9-11-20(3)23-13-14-24-27-25(15-17-29(23,24)6)28(5)16-8-7-12-22(28)18-26(27)31-21(4)30/h19-20,22-27H,7-18H2,1-6H3/t20-,22-,23?,24?,25?,26?,27?,28?,29?/m1/s1. The lowest BCUT2D eigenvalue weighted by Gasteiger charge is -2.62. The van der Waals surface area contributed by atoms with Gasteiger partial charge in [-0.2, -0.15) is 0 Å². The first-order valence-electron chi connectivity index (χ1n) is 13.8. The van der Waals surface area contributed by atoms with Crippen LogP contribution in [0.1, 0.15) is 119 Å². The molecule has 0 aromatic heterocycles. The van der Waals surface area contributed by atoms with Crippen molar-refractivity contribution < 1.29 is 9.53 Å². The highest BCUT2D eigenvalue weighted by molar-refractivity contribution is 5.66. The summed E-state index contributed by atoms with van der Waals surface area (Å²) in [5, 5.41) is 0. The van der Waals surface area contributed by atoms with Crippen LogP contribution in [0.4, 0.5) is 0 Å². The van der Waals surface area contributed by atoms with E-state index in [1.54, 1.807) is 6.92 Å². The van der Waals surface area contributed by atoms with Crippen LogP contribution in [0.5, 0.6) is 0 Å². The summed E-state index contributed by atoms with van der Waals surface area (Å²) in [5.41, 5.74) is 0.941. The molecule has 7 unspecified atom stereocenters. The Hall–Kier alpha value is -0.530. The molecule has 2 heteroatoms. The van der Waals surface area contributed by atoms with Gasteiger partial charge in [-0.3, -0.25) is 4.79 Å². The molecule has 2 nitrogen and oxygen atoms in total. The van der Waals surface area contributed by atoms with E-state index in [0.717, 1.165) is 41.9 Å². The van der Waals surface area contributed by atoms with Crippen LogP contribution >= 0.6 is 0 Å². The second-order valence-corrected chi connectivity index (χ2v) is 13.2. The Morgan fingerprint density at radius 1 is 0.935 bits per heavy atom. The molecule has 0 aromatic rings. The first-order chi connectivity index (χ1) is 14.7. The summed E-state index contributed by atoms with van der Waals surface area (Å²) in [6.07, 6.45) is 16.6. The Balaban J connectivity index is 1.57. The Morgan fingerprint density at radius 2 is 1.68 bits per heavy atom. The van der Waals surface area contributed by atoms with Crippen LogP contribution < -0.4 is 0 Å². The van der Waals surface area contributed by atoms with Gasteiger partial charge in [0.05, 0.1) is 0 Å². The molecule has 0 bridgehead atoms. The smallest absolute Gasteiger partial charge is 0.302 e. The lowest BCUT2D eigenvalue weighted by molar-refractivity contribution is -0.189. The number of hydrogen-bond donors (Lipinski definition) is 0. The molecule has 0 aliphatic heterocycles. The topological polar surface area (TPSA) is 26.3 Å². The third kappa shape index (κ3) is 4.23. The average Bonchev–Trinajstić information content (AvgIpc) is 3.04. The molecule has 0 spiro atoms. The average molecular weight is 431 g/mol. The van der Waals surface area contributed by atoms with Crippen molar-refractivity contribution in [1.82, 2.24) is 0 Å². The van der Waals surface area contributed by atoms with Crippen LogP contribution in [0.15, 0.2) is 0 Å². The van der Waals surface area contributed by atoms with Crippen molar-refractivity contribution in [3.63, 3.8) is 0 Å². The minimum Gasteiger partial charge on any atom is -0.462 e. The van der Waals surface area contributed by atoms with E-state index in [1.165, 1.54) is 70.6 Å². The van der Waals surface area contributed by atoms with Gasteiger partial charge >= 0.3 is 5.97 Å². The molecule has 0 aromatic carbocycles. The van der Waals surface area contributed by atoms with Gasteiger partial charge in [-0.15, -0.1) is 0 Å². The highest BCUT2D eigenvalue weighted by Gasteiger charge is 2.63. The molecule has 4 fully saturated rings. The summed E-state index contributed by atoms with van der Waals surface area (Å²) in [4.78, 5) is 12.1. The Morgan fingerprint density at radius 3 is 2.39 bits per heavy atom. The lowest BCUT2D eigenvalue weighted by Crippen LogP contribution is -2.58. The quantitative estimate of drug-likeness (QED) is 0.398. The van der Waals surface area contributed by atoms with Gasteiger partial charge in [0.25, 0.3) is 0 Å². The summed E-state index contributed by atoms with van der Waals surface area (Å²) in [7, 11) is 0. The van der Waals surface area contributed by atoms with E-state index in [4.69, 9.17) is 4.74 Å². The minimum absolute atomic E-state index is 0.0490. The fourth-order valence-electron chi connectivity index (χ4n) is 9.59. The van der Waals surface area contributed by atoms with Gasteiger partial charge in [-0.05, 0) is 91.3 Å². The van der Waals surface area contributed by atoms with Crippen molar-refractivity contribution in [2.75, 3.05) is 0 Å². The molecular formula is C29H50O2. The molecular weight excluding hydrogens is 380 g/mol. The van der Waals surface area contributed by atoms with Crippen molar-refractivity contribution in [3.05, 3.63) is 0 Å². The van der Waals surface area contributed by atoms with E-state index in [2.05, 4.69) is 34.6 Å². The zero-order chi connectivity index (χ0) is 22.4. The van der Waals surface area contributed by atoms with E-state index in [0.29, 0.717) is 16.7 Å². The first-order valence-corrected chi connectivity index (χ1v) is 13.8. The number of rotatable bonds is 6. The van der Waals surface area contributed by atoms with Crippen molar-refractivity contribution in [2.24, 2.45) is 52.3 Å². The van der Waals surface area contributed by atoms with Crippen LogP contribution in [-0.4, -0.2) is 12.1 Å². The fraction of sp³-hybridized carbons (Fsp3) is 0.966. The van der Waals surface area contributed by atoms with Gasteiger partial charge in [0.15, 0.2) is 0 Å². The molecule has 0 saturated heterocycles. The van der Waals surface area contributed by atoms with Crippen LogP contribution in [0.3, 0.4) is 0 Å². The van der Waals surface area contributed by atoms with E-state index in [9.17, 15) is 4.79 Å². The van der Waals surface area contributed by atoms with Gasteiger partial charge in [0.1, 0.15) is 6.10 Å². The second kappa shape index (κ2) is 9.02. The van der Waals surface area contributed by atoms with Crippen molar-refractivity contribution >= 4 is 5.97 Å². The van der Waals surface area contributed by atoms with Crippen LogP contribution in [-0.2, 0) is 9.53 Å². The highest BCUT2D eigenvalue weighted by atomic mass is 16.5. The first kappa shape index (κ1) is 23.6. The van der Waals surface area contributed by atoms with Gasteiger partial charge in [0, 0.05) is 12.8 Å². The van der Waals surface area contributed by atoms with E-state index in [-0.39, 0.29) is 12.1 Å². The van der Waals surface area contributed by atoms with Crippen molar-refractivity contribution in [2.45, 2.75) is 125 Å². The summed E-state index contributed by atoms with van der Waals surface area (Å²) in [6, 6.07) is 0. The Labute approximate surface area is 192 Å². The molecule has 4 saturated carbocycles. The highest BCUT2D eigenvalue weighted by Crippen LogP contribution is 2.68. The molecule has 178 valence electrons. The molecule has 4 rings (SSSR count). The van der Waals surface area contributed by atoms with Crippen molar-refractivity contribution in [1.29, 1.82) is 0 Å². The van der Waals surface area contributed by atoms with Crippen LogP contribution in [0.2, 0.25) is 0 Å². The SMILES string of the molecule is CC(=O)OC1C[C@H]2CCCCC2(C)C2CCC3(C)C(CCC3[C@H](C)CCCC(C)C)C12. The molecule has 0 amide bonds. The third-order valence-corrected chi connectivity index (χ3v) is 11.1. The minimum atomic E-state index is -0.0490. The predicted molar refractivity (Wildman–Crippen MR) is 129 cm³/mol. The normalized spacial score (nSPS) is 45.5. The number of esters is 1. The number of carbonyl (C=O) groups excluding carboxylic acids is 1.